The largest absolute Gasteiger partial charge is 0.444 e. The van der Waals surface area contributed by atoms with Gasteiger partial charge in [0.05, 0.1) is 29.2 Å². The second kappa shape index (κ2) is 10.9. The van der Waals surface area contributed by atoms with Gasteiger partial charge in [0.25, 0.3) is 5.91 Å². The molecule has 3 aromatic rings. The Morgan fingerprint density at radius 2 is 1.95 bits per heavy atom. The summed E-state index contributed by atoms with van der Waals surface area (Å²) < 4.78 is 38.8. The van der Waals surface area contributed by atoms with Crippen LogP contribution in [0.5, 0.6) is 5.75 Å². The fourth-order valence-corrected chi connectivity index (χ4v) is 4.58. The van der Waals surface area contributed by atoms with Crippen LogP contribution < -0.4 is 4.74 Å². The summed E-state index contributed by atoms with van der Waals surface area (Å²) in [6, 6.07) is 9.56. The third kappa shape index (κ3) is 5.67. The second-order valence-corrected chi connectivity index (χ2v) is 10.2. The molecule has 8 nitrogen and oxygen atoms in total. The van der Waals surface area contributed by atoms with Gasteiger partial charge in [-0.3, -0.25) is 14.3 Å². The van der Waals surface area contributed by atoms with E-state index < -0.39 is 24.3 Å². The molecule has 1 atom stereocenters. The molecule has 0 aliphatic carbocycles. The highest BCUT2D eigenvalue weighted by atomic mass is 19.3. The number of hydrogen-bond acceptors (Lipinski definition) is 5. The van der Waals surface area contributed by atoms with Crippen LogP contribution >= 0.6 is 0 Å². The van der Waals surface area contributed by atoms with Crippen LogP contribution in [0.4, 0.5) is 13.6 Å². The van der Waals surface area contributed by atoms with Gasteiger partial charge < -0.3 is 14.4 Å². The van der Waals surface area contributed by atoms with Crippen molar-refractivity contribution in [2.75, 3.05) is 20.1 Å². The molecule has 1 unspecified atom stereocenters. The monoisotopic (exact) mass is 538 g/mol. The zero-order valence-corrected chi connectivity index (χ0v) is 22.9. The highest BCUT2D eigenvalue weighted by molar-refractivity contribution is 6.00. The van der Waals surface area contributed by atoms with Gasteiger partial charge in [0.1, 0.15) is 17.1 Å². The molecular weight excluding hydrogens is 506 g/mol. The Balaban J connectivity index is 1.81. The molecule has 2 amide bonds. The van der Waals surface area contributed by atoms with E-state index in [9.17, 15) is 18.4 Å². The van der Waals surface area contributed by atoms with Crippen LogP contribution in [0.1, 0.15) is 68.8 Å². The highest BCUT2D eigenvalue weighted by Crippen LogP contribution is 2.40. The molecule has 1 aliphatic rings. The van der Waals surface area contributed by atoms with Crippen molar-refractivity contribution < 1.29 is 27.8 Å². The number of aromatic nitrogens is 2. The third-order valence-electron chi connectivity index (χ3n) is 6.36. The molecule has 39 heavy (non-hydrogen) atoms. The van der Waals surface area contributed by atoms with E-state index in [0.29, 0.717) is 35.4 Å². The Morgan fingerprint density at radius 1 is 1.21 bits per heavy atom. The minimum atomic E-state index is -3.07. The Kier molecular flexibility index (Phi) is 7.82. The van der Waals surface area contributed by atoms with E-state index >= 15 is 0 Å². The van der Waals surface area contributed by atoms with Crippen molar-refractivity contribution in [2.45, 2.75) is 59.3 Å². The lowest BCUT2D eigenvalue weighted by Gasteiger charge is -2.25. The van der Waals surface area contributed by atoms with Crippen LogP contribution in [-0.2, 0) is 4.74 Å². The van der Waals surface area contributed by atoms with Crippen molar-refractivity contribution >= 4 is 23.0 Å². The van der Waals surface area contributed by atoms with E-state index in [1.165, 1.54) is 17.0 Å². The molecular formula is C29H32F2N4O4. The molecule has 206 valence electrons. The Labute approximate surface area is 226 Å². The molecule has 1 aliphatic heterocycles. The van der Waals surface area contributed by atoms with Crippen molar-refractivity contribution in [1.29, 1.82) is 0 Å². The minimum absolute atomic E-state index is 0.117. The first-order chi connectivity index (χ1) is 18.4. The zero-order valence-electron chi connectivity index (χ0n) is 22.9. The van der Waals surface area contributed by atoms with Gasteiger partial charge in [-0.15, -0.1) is 0 Å². The SMILES string of the molecule is CCC1c2nc3ccc(C#CCN(CC)C(=O)OC(C)(C)C)cc3n2-c2c(OC(F)F)cccc2C(=O)N1C. The summed E-state index contributed by atoms with van der Waals surface area (Å²) in [6.07, 6.45) is 0.118. The Morgan fingerprint density at radius 3 is 2.59 bits per heavy atom. The maximum absolute atomic E-state index is 13.4. The lowest BCUT2D eigenvalue weighted by molar-refractivity contribution is -0.0498. The average molecular weight is 539 g/mol. The minimum Gasteiger partial charge on any atom is -0.444 e. The molecule has 0 N–H and O–H groups in total. The third-order valence-corrected chi connectivity index (χ3v) is 6.36. The van der Waals surface area contributed by atoms with Crippen LogP contribution in [0.3, 0.4) is 0 Å². The topological polar surface area (TPSA) is 76.9 Å². The van der Waals surface area contributed by atoms with E-state index in [1.807, 2.05) is 19.9 Å². The molecule has 10 heteroatoms. The summed E-state index contributed by atoms with van der Waals surface area (Å²) in [6.45, 7) is 6.72. The summed E-state index contributed by atoms with van der Waals surface area (Å²) in [7, 11) is 1.68. The number of alkyl halides is 2. The standard InChI is InChI=1S/C29H32F2N4O4/c1-7-21-25-32-20-15-14-18(11-10-16-34(8-2)28(37)39-29(3,4)5)17-22(20)35(25)24-19(26(36)33(21)6)12-9-13-23(24)38-27(30)31/h9,12-15,17,21,27H,7-8,16H2,1-6H3. The van der Waals surface area contributed by atoms with Crippen molar-refractivity contribution in [2.24, 2.45) is 0 Å². The quantitative estimate of drug-likeness (QED) is 0.386. The van der Waals surface area contributed by atoms with E-state index in [4.69, 9.17) is 14.5 Å². The molecule has 4 rings (SSSR count). The van der Waals surface area contributed by atoms with E-state index in [1.54, 1.807) is 55.5 Å². The summed E-state index contributed by atoms with van der Waals surface area (Å²) >= 11 is 0. The molecule has 0 spiro atoms. The normalized spacial score (nSPS) is 14.8. The van der Waals surface area contributed by atoms with Crippen molar-refractivity contribution in [3.63, 3.8) is 0 Å². The first-order valence-electron chi connectivity index (χ1n) is 12.8. The number of rotatable bonds is 5. The highest BCUT2D eigenvalue weighted by Gasteiger charge is 2.35. The predicted octanol–water partition coefficient (Wildman–Crippen LogP) is 5.77. The summed E-state index contributed by atoms with van der Waals surface area (Å²) in [5, 5.41) is 0. The number of benzene rings is 2. The molecule has 1 aromatic heterocycles. The van der Waals surface area contributed by atoms with Crippen LogP contribution in [0, 0.1) is 11.8 Å². The first-order valence-corrected chi connectivity index (χ1v) is 12.8. The number of amides is 2. The molecule has 2 heterocycles. The fourth-order valence-electron chi connectivity index (χ4n) is 4.58. The number of fused-ring (bicyclic) bond motifs is 5. The first kappa shape index (κ1) is 27.9. The Bertz CT molecular complexity index is 1470. The van der Waals surface area contributed by atoms with Gasteiger partial charge in [0, 0.05) is 19.2 Å². The number of carbonyl (C=O) groups excluding carboxylic acids is 2. The maximum Gasteiger partial charge on any atom is 0.411 e. The molecule has 0 saturated heterocycles. The molecule has 0 bridgehead atoms. The fraction of sp³-hybridized carbons (Fsp3) is 0.414. The summed E-state index contributed by atoms with van der Waals surface area (Å²) in [5.74, 6) is 6.21. The van der Waals surface area contributed by atoms with Crippen molar-refractivity contribution in [3.8, 4) is 23.3 Å². The number of nitrogens with zero attached hydrogens (tertiary/aromatic N) is 4. The van der Waals surface area contributed by atoms with Crippen LogP contribution in [0.25, 0.3) is 16.7 Å². The van der Waals surface area contributed by atoms with Gasteiger partial charge in [-0.2, -0.15) is 8.78 Å². The van der Waals surface area contributed by atoms with E-state index in [0.717, 1.165) is 0 Å². The number of carbonyl (C=O) groups is 2. The van der Waals surface area contributed by atoms with Crippen LogP contribution in [0.15, 0.2) is 36.4 Å². The number of ether oxygens (including phenoxy) is 2. The van der Waals surface area contributed by atoms with Crippen LogP contribution in [0.2, 0.25) is 0 Å². The van der Waals surface area contributed by atoms with Gasteiger partial charge in [0.15, 0.2) is 5.75 Å². The molecule has 2 aromatic carbocycles. The van der Waals surface area contributed by atoms with E-state index in [2.05, 4.69) is 11.8 Å². The van der Waals surface area contributed by atoms with Crippen LogP contribution in [-0.4, -0.2) is 63.7 Å². The second-order valence-electron chi connectivity index (χ2n) is 10.2. The number of halogens is 2. The number of para-hydroxylation sites is 1. The summed E-state index contributed by atoms with van der Waals surface area (Å²) in [5.41, 5.74) is 1.70. The molecule has 0 radical (unpaired) electrons. The molecule has 0 saturated carbocycles. The molecule has 0 fully saturated rings. The van der Waals surface area contributed by atoms with Gasteiger partial charge in [-0.1, -0.05) is 24.8 Å². The van der Waals surface area contributed by atoms with Crippen molar-refractivity contribution in [1.82, 2.24) is 19.4 Å². The van der Waals surface area contributed by atoms with Gasteiger partial charge >= 0.3 is 12.7 Å². The smallest absolute Gasteiger partial charge is 0.411 e. The lowest BCUT2D eigenvalue weighted by Crippen LogP contribution is -2.36. The predicted molar refractivity (Wildman–Crippen MR) is 143 cm³/mol. The van der Waals surface area contributed by atoms with Gasteiger partial charge in [0.2, 0.25) is 0 Å². The van der Waals surface area contributed by atoms with Gasteiger partial charge in [-0.25, -0.2) is 9.78 Å². The van der Waals surface area contributed by atoms with E-state index in [-0.39, 0.29) is 29.5 Å². The van der Waals surface area contributed by atoms with Crippen molar-refractivity contribution in [3.05, 3.63) is 53.3 Å². The zero-order chi connectivity index (χ0) is 28.5. The average Bonchev–Trinajstić information content (AvgIpc) is 3.19. The Hall–Kier alpha value is -4.13. The summed E-state index contributed by atoms with van der Waals surface area (Å²) in [4.78, 5) is 33.7. The number of hydrogen-bond donors (Lipinski definition) is 0. The number of imidazole rings is 1. The lowest BCUT2D eigenvalue weighted by atomic mass is 10.1. The van der Waals surface area contributed by atoms with Gasteiger partial charge in [-0.05, 0) is 64.4 Å². The maximum atomic E-state index is 13.4.